The Balaban J connectivity index is 1.92. The maximum Gasteiger partial charge on any atom is 0.262 e. The molecule has 0 bridgehead atoms. The molecule has 0 heterocycles. The van der Waals surface area contributed by atoms with Gasteiger partial charge in [0.05, 0.1) is 10.7 Å². The van der Waals surface area contributed by atoms with Gasteiger partial charge in [0.1, 0.15) is 5.75 Å². The number of hydrogen-bond donors (Lipinski definition) is 1. The Labute approximate surface area is 125 Å². The summed E-state index contributed by atoms with van der Waals surface area (Å²) < 4.78 is 18.8. The van der Waals surface area contributed by atoms with E-state index in [4.69, 9.17) is 27.9 Å². The molecule has 0 saturated heterocycles. The largest absolute Gasteiger partial charge is 0.484 e. The summed E-state index contributed by atoms with van der Waals surface area (Å²) in [5, 5.41) is 2.90. The molecule has 0 aromatic heterocycles. The summed E-state index contributed by atoms with van der Waals surface area (Å²) in [7, 11) is 0. The van der Waals surface area contributed by atoms with E-state index in [2.05, 4.69) is 5.32 Å². The van der Waals surface area contributed by atoms with Gasteiger partial charge >= 0.3 is 0 Å². The number of ether oxygens (including phenoxy) is 1. The molecule has 2 aromatic rings. The second-order valence-corrected chi connectivity index (χ2v) is 4.74. The lowest BCUT2D eigenvalue weighted by Crippen LogP contribution is -2.20. The molecule has 1 N–H and O–H groups in total. The lowest BCUT2D eigenvalue weighted by molar-refractivity contribution is -0.118. The van der Waals surface area contributed by atoms with Crippen LogP contribution in [0.5, 0.6) is 5.75 Å². The fourth-order valence-corrected chi connectivity index (χ4v) is 1.77. The third-order valence-electron chi connectivity index (χ3n) is 2.41. The van der Waals surface area contributed by atoms with Crippen molar-refractivity contribution in [2.24, 2.45) is 0 Å². The molecule has 20 heavy (non-hydrogen) atoms. The normalized spacial score (nSPS) is 10.2. The van der Waals surface area contributed by atoms with Crippen LogP contribution in [0.1, 0.15) is 0 Å². The molecular weight excluding hydrogens is 304 g/mol. The smallest absolute Gasteiger partial charge is 0.262 e. The van der Waals surface area contributed by atoms with E-state index in [0.717, 1.165) is 0 Å². The highest BCUT2D eigenvalue weighted by Crippen LogP contribution is 2.22. The summed E-state index contributed by atoms with van der Waals surface area (Å²) in [6.07, 6.45) is 0. The summed E-state index contributed by atoms with van der Waals surface area (Å²) in [6, 6.07) is 10.9. The van der Waals surface area contributed by atoms with Crippen molar-refractivity contribution in [3.05, 3.63) is 58.3 Å². The van der Waals surface area contributed by atoms with Gasteiger partial charge in [-0.25, -0.2) is 4.39 Å². The van der Waals surface area contributed by atoms with Gasteiger partial charge in [0.2, 0.25) is 0 Å². The Morgan fingerprint density at radius 3 is 2.55 bits per heavy atom. The first kappa shape index (κ1) is 14.6. The van der Waals surface area contributed by atoms with Gasteiger partial charge in [0.25, 0.3) is 5.91 Å². The lowest BCUT2D eigenvalue weighted by Gasteiger charge is -2.08. The minimum Gasteiger partial charge on any atom is -0.484 e. The molecule has 0 aliphatic carbocycles. The van der Waals surface area contributed by atoms with E-state index in [0.29, 0.717) is 10.8 Å². The molecule has 0 saturated carbocycles. The lowest BCUT2D eigenvalue weighted by atomic mass is 10.3. The van der Waals surface area contributed by atoms with Gasteiger partial charge in [-0.1, -0.05) is 29.3 Å². The number of anilines is 1. The minimum atomic E-state index is -0.672. The molecule has 0 atom stereocenters. The number of halogens is 3. The van der Waals surface area contributed by atoms with E-state index in [9.17, 15) is 9.18 Å². The number of amides is 1. The average Bonchev–Trinajstić information content (AvgIpc) is 2.43. The Bertz CT molecular complexity index is 617. The third kappa shape index (κ3) is 3.85. The van der Waals surface area contributed by atoms with Crippen LogP contribution in [0.4, 0.5) is 10.1 Å². The van der Waals surface area contributed by atoms with Crippen molar-refractivity contribution in [3.8, 4) is 5.75 Å². The van der Waals surface area contributed by atoms with Gasteiger partial charge in [-0.2, -0.15) is 0 Å². The van der Waals surface area contributed by atoms with Crippen molar-refractivity contribution in [2.75, 3.05) is 11.9 Å². The van der Waals surface area contributed by atoms with Gasteiger partial charge < -0.3 is 10.1 Å². The predicted octanol–water partition coefficient (Wildman–Crippen LogP) is 4.15. The summed E-state index contributed by atoms with van der Waals surface area (Å²) in [6.45, 7) is -0.242. The maximum absolute atomic E-state index is 13.6. The molecule has 1 amide bonds. The van der Waals surface area contributed by atoms with Crippen LogP contribution in [0.2, 0.25) is 10.0 Å². The molecule has 6 heteroatoms. The topological polar surface area (TPSA) is 38.3 Å². The Hall–Kier alpha value is -1.78. The fourth-order valence-electron chi connectivity index (χ4n) is 1.47. The molecular formula is C14H10Cl2FNO2. The first-order valence-electron chi connectivity index (χ1n) is 5.68. The number of rotatable bonds is 4. The van der Waals surface area contributed by atoms with Crippen LogP contribution in [0.25, 0.3) is 0 Å². The van der Waals surface area contributed by atoms with Gasteiger partial charge in [0, 0.05) is 5.02 Å². The average molecular weight is 314 g/mol. The SMILES string of the molecule is O=C(COc1ccc(Cl)cc1)Nc1cccc(Cl)c1F. The second-order valence-electron chi connectivity index (χ2n) is 3.89. The number of carbonyl (C=O) groups excluding carboxylic acids is 1. The van der Waals surface area contributed by atoms with Crippen LogP contribution >= 0.6 is 23.2 Å². The third-order valence-corrected chi connectivity index (χ3v) is 2.95. The van der Waals surface area contributed by atoms with E-state index < -0.39 is 11.7 Å². The van der Waals surface area contributed by atoms with E-state index in [-0.39, 0.29) is 17.3 Å². The maximum atomic E-state index is 13.6. The van der Waals surface area contributed by atoms with Crippen LogP contribution in [-0.2, 0) is 4.79 Å². The summed E-state index contributed by atoms with van der Waals surface area (Å²) in [4.78, 5) is 11.6. The first-order chi connectivity index (χ1) is 9.56. The molecule has 0 spiro atoms. The number of nitrogens with one attached hydrogen (secondary N) is 1. The van der Waals surface area contributed by atoms with Crippen LogP contribution in [-0.4, -0.2) is 12.5 Å². The van der Waals surface area contributed by atoms with Gasteiger partial charge in [-0.3, -0.25) is 4.79 Å². The van der Waals surface area contributed by atoms with Crippen molar-refractivity contribution in [1.29, 1.82) is 0 Å². The molecule has 0 radical (unpaired) electrons. The first-order valence-corrected chi connectivity index (χ1v) is 6.44. The zero-order valence-corrected chi connectivity index (χ0v) is 11.7. The Kier molecular flexibility index (Phi) is 4.82. The minimum absolute atomic E-state index is 0.0159. The van der Waals surface area contributed by atoms with E-state index in [1.807, 2.05) is 0 Å². The zero-order valence-electron chi connectivity index (χ0n) is 10.2. The van der Waals surface area contributed by atoms with E-state index >= 15 is 0 Å². The van der Waals surface area contributed by atoms with Crippen molar-refractivity contribution < 1.29 is 13.9 Å². The van der Waals surface area contributed by atoms with Crippen molar-refractivity contribution >= 4 is 34.8 Å². The molecule has 0 aliphatic heterocycles. The monoisotopic (exact) mass is 313 g/mol. The molecule has 0 unspecified atom stereocenters. The van der Waals surface area contributed by atoms with Gasteiger partial charge in [0.15, 0.2) is 12.4 Å². The van der Waals surface area contributed by atoms with Gasteiger partial charge in [-0.15, -0.1) is 0 Å². The Morgan fingerprint density at radius 1 is 1.15 bits per heavy atom. The summed E-state index contributed by atoms with van der Waals surface area (Å²) >= 11 is 11.3. The van der Waals surface area contributed by atoms with Crippen molar-refractivity contribution in [2.45, 2.75) is 0 Å². The second kappa shape index (κ2) is 6.59. The van der Waals surface area contributed by atoms with Crippen LogP contribution in [0.3, 0.4) is 0 Å². The fraction of sp³-hybridized carbons (Fsp3) is 0.0714. The Morgan fingerprint density at radius 2 is 1.85 bits per heavy atom. The molecule has 3 nitrogen and oxygen atoms in total. The highest BCUT2D eigenvalue weighted by molar-refractivity contribution is 6.31. The summed E-state index contributed by atoms with van der Waals surface area (Å²) in [5.41, 5.74) is 0.0159. The molecule has 0 fully saturated rings. The number of benzene rings is 2. The van der Waals surface area contributed by atoms with Crippen molar-refractivity contribution in [1.82, 2.24) is 0 Å². The quantitative estimate of drug-likeness (QED) is 0.920. The standard InChI is InChI=1S/C14H10Cl2FNO2/c15-9-4-6-10(7-5-9)20-8-13(19)18-12-3-1-2-11(16)14(12)17/h1-7H,8H2,(H,18,19). The highest BCUT2D eigenvalue weighted by atomic mass is 35.5. The zero-order chi connectivity index (χ0) is 14.5. The van der Waals surface area contributed by atoms with Crippen molar-refractivity contribution in [3.63, 3.8) is 0 Å². The van der Waals surface area contributed by atoms with E-state index in [1.54, 1.807) is 30.3 Å². The molecule has 2 rings (SSSR count). The van der Waals surface area contributed by atoms with Crippen LogP contribution in [0, 0.1) is 5.82 Å². The van der Waals surface area contributed by atoms with Crippen LogP contribution in [0.15, 0.2) is 42.5 Å². The molecule has 104 valence electrons. The molecule has 2 aromatic carbocycles. The van der Waals surface area contributed by atoms with Gasteiger partial charge in [-0.05, 0) is 36.4 Å². The highest BCUT2D eigenvalue weighted by Gasteiger charge is 2.10. The number of carbonyl (C=O) groups is 1. The van der Waals surface area contributed by atoms with Crippen LogP contribution < -0.4 is 10.1 Å². The predicted molar refractivity (Wildman–Crippen MR) is 77.0 cm³/mol. The van der Waals surface area contributed by atoms with E-state index in [1.165, 1.54) is 12.1 Å². The number of hydrogen-bond acceptors (Lipinski definition) is 2. The summed E-state index contributed by atoms with van der Waals surface area (Å²) in [5.74, 6) is -0.661. The molecule has 0 aliphatic rings.